The van der Waals surface area contributed by atoms with Crippen LogP contribution < -0.4 is 4.74 Å². The van der Waals surface area contributed by atoms with Crippen LogP contribution in [0.5, 0.6) is 5.75 Å². The number of hydrogen-bond donors (Lipinski definition) is 0. The van der Waals surface area contributed by atoms with Gasteiger partial charge in [0.05, 0.1) is 11.0 Å². The molecule has 3 aromatic rings. The van der Waals surface area contributed by atoms with E-state index < -0.39 is 0 Å². The lowest BCUT2D eigenvalue weighted by atomic mass is 9.75. The van der Waals surface area contributed by atoms with Crippen molar-refractivity contribution in [3.8, 4) is 17.1 Å². The molecule has 3 atom stereocenters. The lowest BCUT2D eigenvalue weighted by molar-refractivity contribution is -0.156. The Labute approximate surface area is 203 Å². The number of ether oxygens (including phenoxy) is 2. The van der Waals surface area contributed by atoms with Crippen molar-refractivity contribution in [1.82, 2.24) is 9.55 Å². The highest BCUT2D eigenvalue weighted by Crippen LogP contribution is 2.36. The van der Waals surface area contributed by atoms with Gasteiger partial charge in [-0.3, -0.25) is 4.79 Å². The predicted molar refractivity (Wildman–Crippen MR) is 137 cm³/mol. The van der Waals surface area contributed by atoms with Gasteiger partial charge in [-0.25, -0.2) is 4.98 Å². The molecule has 34 heavy (non-hydrogen) atoms. The molecule has 5 heteroatoms. The quantitative estimate of drug-likeness (QED) is 0.375. The van der Waals surface area contributed by atoms with Crippen molar-refractivity contribution < 1.29 is 14.3 Å². The van der Waals surface area contributed by atoms with Crippen molar-refractivity contribution in [1.29, 1.82) is 0 Å². The Balaban J connectivity index is 1.60. The van der Waals surface area contributed by atoms with Gasteiger partial charge in [-0.05, 0) is 87.8 Å². The van der Waals surface area contributed by atoms with Gasteiger partial charge in [0.2, 0.25) is 0 Å². The Morgan fingerprint density at radius 3 is 2.47 bits per heavy atom. The zero-order valence-corrected chi connectivity index (χ0v) is 21.4. The topological polar surface area (TPSA) is 53.4 Å². The second-order valence-corrected chi connectivity index (χ2v) is 11.1. The second kappa shape index (κ2) is 9.81. The molecule has 1 aliphatic rings. The highest BCUT2D eigenvalue weighted by Gasteiger charge is 2.33. The smallest absolute Gasteiger partial charge is 0.326 e. The molecular formula is C29H38N2O3. The first kappa shape index (κ1) is 24.3. The Kier molecular flexibility index (Phi) is 7.01. The molecule has 4 rings (SSSR count). The number of carbonyl (C=O) groups excluding carboxylic acids is 1. The van der Waals surface area contributed by atoms with Crippen LogP contribution in [0.4, 0.5) is 0 Å². The van der Waals surface area contributed by atoms with Crippen LogP contribution in [-0.2, 0) is 16.1 Å². The minimum Gasteiger partial charge on any atom is -0.488 e. The summed E-state index contributed by atoms with van der Waals surface area (Å²) in [6, 6.07) is 15.9. The van der Waals surface area contributed by atoms with E-state index in [1.165, 1.54) is 6.42 Å². The molecule has 1 fully saturated rings. The first-order valence-corrected chi connectivity index (χ1v) is 12.5. The van der Waals surface area contributed by atoms with Gasteiger partial charge in [0.15, 0.2) is 0 Å². The third-order valence-electron chi connectivity index (χ3n) is 6.72. The van der Waals surface area contributed by atoms with Crippen LogP contribution in [0.2, 0.25) is 0 Å². The fraction of sp³-hybridized carbons (Fsp3) is 0.517. The van der Waals surface area contributed by atoms with Gasteiger partial charge in [-0.1, -0.05) is 39.3 Å². The molecule has 0 bridgehead atoms. The standard InChI is InChI=1S/C29H38N2O3/c1-19(2)23-16-11-20(3)17-26(23)33-27(32)18-31-25-10-8-7-9-24(25)30-28(31)21-12-14-22(15-13-21)34-29(4,5)6/h7-10,12-15,19-20,23,26H,11,16-18H2,1-6H3/t20-,23?,26-/m1/s1. The van der Waals surface area contributed by atoms with Gasteiger partial charge < -0.3 is 14.0 Å². The van der Waals surface area contributed by atoms with E-state index >= 15 is 0 Å². The average Bonchev–Trinajstić information content (AvgIpc) is 3.11. The fourth-order valence-corrected chi connectivity index (χ4v) is 5.07. The van der Waals surface area contributed by atoms with Crippen molar-refractivity contribution in [3.63, 3.8) is 0 Å². The summed E-state index contributed by atoms with van der Waals surface area (Å²) in [5, 5.41) is 0. The minimum absolute atomic E-state index is 0.0108. The Hall–Kier alpha value is -2.82. The predicted octanol–water partition coefficient (Wildman–Crippen LogP) is 6.88. The first-order chi connectivity index (χ1) is 16.1. The molecular weight excluding hydrogens is 424 g/mol. The van der Waals surface area contributed by atoms with E-state index in [4.69, 9.17) is 14.5 Å². The van der Waals surface area contributed by atoms with Gasteiger partial charge in [0.25, 0.3) is 0 Å². The summed E-state index contributed by atoms with van der Waals surface area (Å²) in [7, 11) is 0. The number of aromatic nitrogens is 2. The van der Waals surface area contributed by atoms with Crippen LogP contribution in [0.25, 0.3) is 22.4 Å². The molecule has 0 spiro atoms. The molecule has 1 aliphatic carbocycles. The summed E-state index contributed by atoms with van der Waals surface area (Å²) < 4.78 is 14.1. The zero-order valence-electron chi connectivity index (χ0n) is 21.4. The Morgan fingerprint density at radius 2 is 1.79 bits per heavy atom. The van der Waals surface area contributed by atoms with E-state index in [2.05, 4.69) is 20.8 Å². The molecule has 0 saturated heterocycles. The highest BCUT2D eigenvalue weighted by atomic mass is 16.5. The van der Waals surface area contributed by atoms with Gasteiger partial charge in [-0.2, -0.15) is 0 Å². The number of hydrogen-bond acceptors (Lipinski definition) is 4. The largest absolute Gasteiger partial charge is 0.488 e. The summed E-state index contributed by atoms with van der Waals surface area (Å²) in [6.07, 6.45) is 3.27. The number of fused-ring (bicyclic) bond motifs is 1. The van der Waals surface area contributed by atoms with E-state index in [9.17, 15) is 4.79 Å². The maximum Gasteiger partial charge on any atom is 0.326 e. The summed E-state index contributed by atoms with van der Waals surface area (Å²) in [6.45, 7) is 13.0. The van der Waals surface area contributed by atoms with E-state index in [1.807, 2.05) is 73.9 Å². The average molecular weight is 463 g/mol. The number of carbonyl (C=O) groups is 1. The van der Waals surface area contributed by atoms with Gasteiger partial charge >= 0.3 is 5.97 Å². The zero-order chi connectivity index (χ0) is 24.5. The third kappa shape index (κ3) is 5.63. The van der Waals surface area contributed by atoms with Crippen LogP contribution in [-0.4, -0.2) is 27.2 Å². The van der Waals surface area contributed by atoms with E-state index in [0.29, 0.717) is 17.8 Å². The van der Waals surface area contributed by atoms with Crippen molar-refractivity contribution in [3.05, 3.63) is 48.5 Å². The maximum absolute atomic E-state index is 13.2. The second-order valence-electron chi connectivity index (χ2n) is 11.1. The van der Waals surface area contributed by atoms with Gasteiger partial charge in [0.1, 0.15) is 29.8 Å². The Bertz CT molecular complexity index is 1120. The van der Waals surface area contributed by atoms with Gasteiger partial charge in [0, 0.05) is 5.56 Å². The third-order valence-corrected chi connectivity index (χ3v) is 6.72. The first-order valence-electron chi connectivity index (χ1n) is 12.5. The molecule has 0 radical (unpaired) electrons. The summed E-state index contributed by atoms with van der Waals surface area (Å²) in [4.78, 5) is 18.1. The van der Waals surface area contributed by atoms with Crippen molar-refractivity contribution in [2.45, 2.75) is 79.1 Å². The Morgan fingerprint density at radius 1 is 1.09 bits per heavy atom. The van der Waals surface area contributed by atoms with Crippen LogP contribution in [0.3, 0.4) is 0 Å². The van der Waals surface area contributed by atoms with E-state index in [0.717, 1.165) is 41.0 Å². The summed E-state index contributed by atoms with van der Waals surface area (Å²) in [5.74, 6) is 2.90. The molecule has 1 unspecified atom stereocenters. The molecule has 0 amide bonds. The number of rotatable bonds is 6. The fourth-order valence-electron chi connectivity index (χ4n) is 5.07. The van der Waals surface area contributed by atoms with Crippen LogP contribution in [0.1, 0.15) is 60.8 Å². The number of esters is 1. The van der Waals surface area contributed by atoms with Crippen LogP contribution in [0, 0.1) is 17.8 Å². The van der Waals surface area contributed by atoms with Crippen LogP contribution in [0.15, 0.2) is 48.5 Å². The number of nitrogens with zero attached hydrogens (tertiary/aromatic N) is 2. The number of imidazole rings is 1. The normalized spacial score (nSPS) is 21.1. The molecule has 182 valence electrons. The highest BCUT2D eigenvalue weighted by molar-refractivity contribution is 5.83. The molecule has 1 saturated carbocycles. The summed E-state index contributed by atoms with van der Waals surface area (Å²) in [5.41, 5.74) is 2.48. The number of para-hydroxylation sites is 2. The lowest BCUT2D eigenvalue weighted by Crippen LogP contribution is -2.36. The van der Waals surface area contributed by atoms with Gasteiger partial charge in [-0.15, -0.1) is 0 Å². The maximum atomic E-state index is 13.2. The monoisotopic (exact) mass is 462 g/mol. The minimum atomic E-state index is -0.261. The lowest BCUT2D eigenvalue weighted by Gasteiger charge is -2.36. The molecule has 1 aromatic heterocycles. The number of benzene rings is 2. The van der Waals surface area contributed by atoms with Crippen molar-refractivity contribution in [2.75, 3.05) is 0 Å². The SMILES string of the molecule is CC(C)C1CC[C@@H](C)C[C@H]1OC(=O)Cn1c(-c2ccc(OC(C)(C)C)cc2)nc2ccccc21. The molecule has 5 nitrogen and oxygen atoms in total. The van der Waals surface area contributed by atoms with E-state index in [-0.39, 0.29) is 24.2 Å². The summed E-state index contributed by atoms with van der Waals surface area (Å²) >= 11 is 0. The molecule has 2 aromatic carbocycles. The molecule has 0 N–H and O–H groups in total. The van der Waals surface area contributed by atoms with Crippen LogP contribution >= 0.6 is 0 Å². The van der Waals surface area contributed by atoms with Crippen molar-refractivity contribution in [2.24, 2.45) is 17.8 Å². The molecule has 0 aliphatic heterocycles. The molecule has 1 heterocycles. The van der Waals surface area contributed by atoms with Crippen molar-refractivity contribution >= 4 is 17.0 Å². The van der Waals surface area contributed by atoms with E-state index in [1.54, 1.807) is 0 Å².